The van der Waals surface area contributed by atoms with Crippen LogP contribution in [0.4, 0.5) is 5.69 Å². The van der Waals surface area contributed by atoms with E-state index < -0.39 is 10.0 Å². The zero-order valence-corrected chi connectivity index (χ0v) is 18.8. The Bertz CT molecular complexity index is 899. The molecule has 1 aromatic heterocycles. The summed E-state index contributed by atoms with van der Waals surface area (Å²) in [5, 5.41) is 8.08. The van der Waals surface area contributed by atoms with Gasteiger partial charge < -0.3 is 9.73 Å². The summed E-state index contributed by atoms with van der Waals surface area (Å²) in [7, 11) is -4.04. The van der Waals surface area contributed by atoms with Crippen LogP contribution in [0, 0.1) is 0 Å². The van der Waals surface area contributed by atoms with Gasteiger partial charge in [0.2, 0.25) is 15.1 Å². The first-order valence-corrected chi connectivity index (χ1v) is 12.5. The van der Waals surface area contributed by atoms with Crippen LogP contribution in [-0.4, -0.2) is 19.3 Å². The van der Waals surface area contributed by atoms with Crippen molar-refractivity contribution in [1.82, 2.24) is 0 Å². The maximum atomic E-state index is 12.8. The highest BCUT2D eigenvalue weighted by atomic mass is 35.5. The molecule has 0 fully saturated rings. The number of carbonyl (C=O) groups is 1. The van der Waals surface area contributed by atoms with Crippen molar-refractivity contribution in [2.24, 2.45) is 5.14 Å². The largest absolute Gasteiger partial charge is 0.467 e. The molecule has 3 N–H and O–H groups in total. The van der Waals surface area contributed by atoms with Crippen molar-refractivity contribution in [2.45, 2.75) is 56.9 Å². The molecule has 2 aromatic rings. The lowest BCUT2D eigenvalue weighted by molar-refractivity contribution is 0.108. The van der Waals surface area contributed by atoms with Crippen LogP contribution >= 0.6 is 23.4 Å². The Morgan fingerprint density at radius 1 is 1.21 bits per heavy atom. The molecular formula is C20H27ClN2O4S2. The fraction of sp³-hybridized carbons (Fsp3) is 0.450. The molecule has 0 aliphatic rings. The molecule has 0 atom stereocenters. The summed E-state index contributed by atoms with van der Waals surface area (Å²) in [6.07, 6.45) is 8.37. The van der Waals surface area contributed by atoms with Gasteiger partial charge in [-0.3, -0.25) is 4.79 Å². The molecule has 0 radical (unpaired) electrons. The van der Waals surface area contributed by atoms with Crippen molar-refractivity contribution in [3.8, 4) is 0 Å². The lowest BCUT2D eigenvalue weighted by Gasteiger charge is -2.13. The Balaban J connectivity index is 2.10. The monoisotopic (exact) mass is 458 g/mol. The molecule has 1 aromatic carbocycles. The van der Waals surface area contributed by atoms with Crippen molar-refractivity contribution < 1.29 is 17.6 Å². The van der Waals surface area contributed by atoms with E-state index in [1.165, 1.54) is 43.2 Å². The molecule has 6 nitrogen and oxygen atoms in total. The Hall–Kier alpha value is -1.48. The summed E-state index contributed by atoms with van der Waals surface area (Å²) in [5.41, 5.74) is 0.681. The number of unbranched alkanes of at least 4 members (excludes halogenated alkanes) is 5. The highest BCUT2D eigenvalue weighted by molar-refractivity contribution is 8.14. The molecule has 0 spiro atoms. The predicted molar refractivity (Wildman–Crippen MR) is 119 cm³/mol. The Morgan fingerprint density at radius 3 is 2.59 bits per heavy atom. The van der Waals surface area contributed by atoms with E-state index in [9.17, 15) is 13.2 Å². The van der Waals surface area contributed by atoms with Gasteiger partial charge in [-0.2, -0.15) is 0 Å². The van der Waals surface area contributed by atoms with Crippen LogP contribution in [0.1, 0.15) is 61.6 Å². The minimum Gasteiger partial charge on any atom is -0.467 e. The zero-order chi connectivity index (χ0) is 21.3. The lowest BCUT2D eigenvalue weighted by Crippen LogP contribution is -2.15. The number of thioether (sulfide) groups is 1. The fourth-order valence-electron chi connectivity index (χ4n) is 2.81. The van der Waals surface area contributed by atoms with E-state index in [-0.39, 0.29) is 20.6 Å². The van der Waals surface area contributed by atoms with Gasteiger partial charge in [0.05, 0.1) is 23.4 Å². The van der Waals surface area contributed by atoms with Crippen LogP contribution in [0.15, 0.2) is 39.8 Å². The number of nitrogens with two attached hydrogens (primary N) is 1. The minimum atomic E-state index is -4.04. The number of anilines is 1. The van der Waals surface area contributed by atoms with Crippen LogP contribution < -0.4 is 10.5 Å². The van der Waals surface area contributed by atoms with E-state index in [1.54, 1.807) is 18.4 Å². The maximum Gasteiger partial charge on any atom is 0.239 e. The molecular weight excluding hydrogens is 432 g/mol. The predicted octanol–water partition coefficient (Wildman–Crippen LogP) is 5.43. The Labute approximate surface area is 181 Å². The number of rotatable bonds is 12. The normalized spacial score (nSPS) is 11.6. The van der Waals surface area contributed by atoms with Crippen LogP contribution in [-0.2, 0) is 16.6 Å². The molecule has 29 heavy (non-hydrogen) atoms. The number of hydrogen-bond acceptors (Lipinski definition) is 6. The van der Waals surface area contributed by atoms with E-state index in [0.29, 0.717) is 23.7 Å². The van der Waals surface area contributed by atoms with Crippen LogP contribution in [0.2, 0.25) is 5.02 Å². The first kappa shape index (κ1) is 23.8. The van der Waals surface area contributed by atoms with E-state index in [4.69, 9.17) is 21.2 Å². The standard InChI is InChI=1S/C20H27ClN2O4S2/c1-2-3-4-5-6-7-11-28-20(24)16-12-19(29(22,25)26)17(21)13-18(16)23-14-15-9-8-10-27-15/h8-10,12-13,23H,2-7,11,14H2,1H3,(H2,22,25,26). The highest BCUT2D eigenvalue weighted by Gasteiger charge is 2.21. The smallest absolute Gasteiger partial charge is 0.239 e. The number of primary sulfonamides is 1. The number of sulfonamides is 1. The first-order chi connectivity index (χ1) is 13.8. The quantitative estimate of drug-likeness (QED) is 0.411. The third-order valence-electron chi connectivity index (χ3n) is 4.36. The number of nitrogens with one attached hydrogen (secondary N) is 1. The van der Waals surface area contributed by atoms with E-state index in [0.717, 1.165) is 19.3 Å². The van der Waals surface area contributed by atoms with Crippen molar-refractivity contribution in [3.63, 3.8) is 0 Å². The van der Waals surface area contributed by atoms with Crippen LogP contribution in [0.3, 0.4) is 0 Å². The zero-order valence-electron chi connectivity index (χ0n) is 16.4. The second kappa shape index (κ2) is 11.6. The molecule has 160 valence electrons. The van der Waals surface area contributed by atoms with Crippen molar-refractivity contribution in [3.05, 3.63) is 46.9 Å². The van der Waals surface area contributed by atoms with E-state index in [2.05, 4.69) is 12.2 Å². The second-order valence-electron chi connectivity index (χ2n) is 6.71. The average molecular weight is 459 g/mol. The number of carbonyl (C=O) groups excluding carboxylic acids is 1. The van der Waals surface area contributed by atoms with Gasteiger partial charge in [0.25, 0.3) is 0 Å². The third kappa shape index (κ3) is 7.70. The topological polar surface area (TPSA) is 102 Å². The SMILES string of the molecule is CCCCCCCCSC(=O)c1cc(S(N)(=O)=O)c(Cl)cc1NCc1ccco1. The van der Waals surface area contributed by atoms with Crippen molar-refractivity contribution >= 4 is 44.2 Å². The first-order valence-electron chi connectivity index (χ1n) is 9.62. The van der Waals surface area contributed by atoms with Gasteiger partial charge in [0.1, 0.15) is 10.7 Å². The summed E-state index contributed by atoms with van der Waals surface area (Å²) < 4.78 is 28.9. The van der Waals surface area contributed by atoms with E-state index in [1.807, 2.05) is 0 Å². The minimum absolute atomic E-state index is 0.0353. The maximum absolute atomic E-state index is 12.8. The van der Waals surface area contributed by atoms with Gasteiger partial charge in [0.15, 0.2) is 0 Å². The molecule has 0 bridgehead atoms. The molecule has 1 heterocycles. The van der Waals surface area contributed by atoms with Crippen molar-refractivity contribution in [1.29, 1.82) is 0 Å². The third-order valence-corrected chi connectivity index (χ3v) is 6.71. The number of benzene rings is 1. The van der Waals surface area contributed by atoms with Crippen molar-refractivity contribution in [2.75, 3.05) is 11.1 Å². The van der Waals surface area contributed by atoms with Crippen LogP contribution in [0.5, 0.6) is 0 Å². The molecule has 2 rings (SSSR count). The summed E-state index contributed by atoms with van der Waals surface area (Å²) in [4.78, 5) is 12.5. The number of halogens is 1. The average Bonchev–Trinajstić information content (AvgIpc) is 3.18. The van der Waals surface area contributed by atoms with Gasteiger partial charge in [-0.1, -0.05) is 62.4 Å². The lowest BCUT2D eigenvalue weighted by atomic mass is 10.1. The summed E-state index contributed by atoms with van der Waals surface area (Å²) in [6.45, 7) is 2.51. The number of hydrogen-bond donors (Lipinski definition) is 2. The number of furan rings is 1. The fourth-order valence-corrected chi connectivity index (χ4v) is 4.76. The van der Waals surface area contributed by atoms with Gasteiger partial charge in [-0.05, 0) is 30.7 Å². The summed E-state index contributed by atoms with van der Waals surface area (Å²) >= 11 is 7.27. The molecule has 0 amide bonds. The summed E-state index contributed by atoms with van der Waals surface area (Å²) in [6, 6.07) is 6.22. The molecule has 0 saturated heterocycles. The molecule has 0 unspecified atom stereocenters. The van der Waals surface area contributed by atoms with Gasteiger partial charge in [-0.25, -0.2) is 13.6 Å². The molecule has 0 aliphatic carbocycles. The highest BCUT2D eigenvalue weighted by Crippen LogP contribution is 2.31. The Morgan fingerprint density at radius 2 is 1.93 bits per heavy atom. The molecule has 0 aliphatic heterocycles. The van der Waals surface area contributed by atoms with E-state index >= 15 is 0 Å². The molecule has 9 heteroatoms. The Kier molecular flexibility index (Phi) is 9.55. The summed E-state index contributed by atoms with van der Waals surface area (Å²) in [5.74, 6) is 1.35. The van der Waals surface area contributed by atoms with Gasteiger partial charge in [-0.15, -0.1) is 0 Å². The second-order valence-corrected chi connectivity index (χ2v) is 9.71. The van der Waals surface area contributed by atoms with Crippen LogP contribution in [0.25, 0.3) is 0 Å². The van der Waals surface area contributed by atoms with Gasteiger partial charge in [0, 0.05) is 11.4 Å². The molecule has 0 saturated carbocycles. The van der Waals surface area contributed by atoms with Gasteiger partial charge >= 0.3 is 0 Å².